The van der Waals surface area contributed by atoms with E-state index in [9.17, 15) is 13.2 Å². The maximum atomic E-state index is 12.4. The first-order chi connectivity index (χ1) is 12.7. The van der Waals surface area contributed by atoms with Crippen LogP contribution in [-0.2, 0) is 10.0 Å². The van der Waals surface area contributed by atoms with E-state index in [-0.39, 0.29) is 16.8 Å². The minimum absolute atomic E-state index is 0.0254. The summed E-state index contributed by atoms with van der Waals surface area (Å²) in [7, 11) is -3.74. The van der Waals surface area contributed by atoms with Gasteiger partial charge in [-0.1, -0.05) is 40.2 Å². The minimum atomic E-state index is -3.74. The lowest BCUT2D eigenvalue weighted by molar-refractivity contribution is 0.0935. The number of hydrogen-bond donors (Lipinski definition) is 3. The first kappa shape index (κ1) is 19.3. The monoisotopic (exact) mass is 448 g/mol. The van der Waals surface area contributed by atoms with Crippen molar-refractivity contribution in [3.63, 3.8) is 0 Å². The van der Waals surface area contributed by atoms with Crippen LogP contribution in [0.5, 0.6) is 0 Å². The van der Waals surface area contributed by atoms with E-state index in [1.165, 1.54) is 12.1 Å². The molecule has 1 amide bonds. The molecular weight excluding hydrogens is 432 g/mol. The van der Waals surface area contributed by atoms with Crippen molar-refractivity contribution in [3.05, 3.63) is 70.3 Å². The van der Waals surface area contributed by atoms with E-state index < -0.39 is 10.0 Å². The second kappa shape index (κ2) is 7.63. The molecule has 3 rings (SSSR count). The number of carbonyl (C=O) groups is 1. The van der Waals surface area contributed by atoms with Crippen molar-refractivity contribution < 1.29 is 13.2 Å². The molecule has 0 saturated carbocycles. The van der Waals surface area contributed by atoms with Crippen molar-refractivity contribution in [3.8, 4) is 11.3 Å². The molecule has 2 aromatic carbocycles. The van der Waals surface area contributed by atoms with Gasteiger partial charge in [0.1, 0.15) is 5.69 Å². The van der Waals surface area contributed by atoms with Gasteiger partial charge in [-0.05, 0) is 42.8 Å². The Morgan fingerprint density at radius 2 is 1.78 bits per heavy atom. The Kier molecular flexibility index (Phi) is 5.45. The summed E-state index contributed by atoms with van der Waals surface area (Å²) in [6, 6.07) is 15.0. The summed E-state index contributed by atoms with van der Waals surface area (Å²) < 4.78 is 23.6. The largest absolute Gasteiger partial charge is 0.344 e. The number of benzene rings is 2. The minimum Gasteiger partial charge on any atom is -0.344 e. The molecule has 4 N–H and O–H groups in total. The Labute approximate surface area is 165 Å². The van der Waals surface area contributed by atoms with E-state index in [1.54, 1.807) is 25.1 Å². The van der Waals surface area contributed by atoms with Crippen LogP contribution >= 0.6 is 15.9 Å². The number of primary sulfonamides is 1. The summed E-state index contributed by atoms with van der Waals surface area (Å²) in [5, 5.41) is 14.8. The number of nitrogens with one attached hydrogen (secondary N) is 2. The van der Waals surface area contributed by atoms with Gasteiger partial charge >= 0.3 is 0 Å². The molecule has 3 aromatic rings. The van der Waals surface area contributed by atoms with Gasteiger partial charge in [0.05, 0.1) is 16.6 Å². The van der Waals surface area contributed by atoms with Crippen LogP contribution in [-0.4, -0.2) is 24.5 Å². The van der Waals surface area contributed by atoms with Gasteiger partial charge in [0.15, 0.2) is 0 Å². The highest BCUT2D eigenvalue weighted by atomic mass is 79.9. The topological polar surface area (TPSA) is 118 Å². The third-order valence-corrected chi connectivity index (χ3v) is 5.48. The highest BCUT2D eigenvalue weighted by Gasteiger charge is 2.15. The van der Waals surface area contributed by atoms with Crippen LogP contribution in [0.2, 0.25) is 0 Å². The van der Waals surface area contributed by atoms with Crippen LogP contribution in [0, 0.1) is 0 Å². The normalized spacial score (nSPS) is 12.6. The van der Waals surface area contributed by atoms with Gasteiger partial charge < -0.3 is 5.32 Å². The molecule has 1 heterocycles. The summed E-state index contributed by atoms with van der Waals surface area (Å²) in [4.78, 5) is 12.5. The molecule has 140 valence electrons. The molecule has 0 spiro atoms. The third kappa shape index (κ3) is 4.62. The van der Waals surface area contributed by atoms with Crippen LogP contribution in [0.25, 0.3) is 11.3 Å². The number of nitrogens with zero attached hydrogens (tertiary/aromatic N) is 1. The summed E-state index contributed by atoms with van der Waals surface area (Å²) >= 11 is 3.38. The van der Waals surface area contributed by atoms with Gasteiger partial charge in [-0.25, -0.2) is 13.6 Å². The van der Waals surface area contributed by atoms with Crippen molar-refractivity contribution in [2.75, 3.05) is 0 Å². The SMILES string of the molecule is CC(NC(=O)c1cc(-c2ccc(Br)cc2)n[nH]1)c1ccc(S(N)(=O)=O)cc1. The fourth-order valence-electron chi connectivity index (χ4n) is 2.51. The standard InChI is InChI=1S/C18H17BrN4O3S/c1-11(12-4-8-15(9-5-12)27(20,25)26)21-18(24)17-10-16(22-23-17)13-2-6-14(19)7-3-13/h2-11H,1H3,(H,21,24)(H,22,23)(H2,20,25,26). The lowest BCUT2D eigenvalue weighted by atomic mass is 10.1. The van der Waals surface area contributed by atoms with E-state index in [0.717, 1.165) is 15.6 Å². The van der Waals surface area contributed by atoms with E-state index in [0.29, 0.717) is 11.4 Å². The molecule has 0 saturated heterocycles. The highest BCUT2D eigenvalue weighted by Crippen LogP contribution is 2.21. The number of amides is 1. The van der Waals surface area contributed by atoms with Gasteiger partial charge in [-0.2, -0.15) is 5.10 Å². The molecule has 1 aromatic heterocycles. The smallest absolute Gasteiger partial charge is 0.269 e. The molecule has 0 fully saturated rings. The number of H-pyrrole nitrogens is 1. The van der Waals surface area contributed by atoms with Crippen molar-refractivity contribution in [1.29, 1.82) is 0 Å². The number of rotatable bonds is 5. The molecule has 1 atom stereocenters. The third-order valence-electron chi connectivity index (χ3n) is 4.02. The lowest BCUT2D eigenvalue weighted by Crippen LogP contribution is -2.27. The molecule has 1 unspecified atom stereocenters. The number of aromatic nitrogens is 2. The van der Waals surface area contributed by atoms with Crippen LogP contribution in [0.15, 0.2) is 64.0 Å². The molecular formula is C18H17BrN4O3S. The number of halogens is 1. The Hall–Kier alpha value is -2.49. The highest BCUT2D eigenvalue weighted by molar-refractivity contribution is 9.10. The van der Waals surface area contributed by atoms with Gasteiger partial charge in [0, 0.05) is 10.0 Å². The van der Waals surface area contributed by atoms with E-state index in [2.05, 4.69) is 31.4 Å². The van der Waals surface area contributed by atoms with Crippen LogP contribution in [0.4, 0.5) is 0 Å². The maximum Gasteiger partial charge on any atom is 0.269 e. The zero-order chi connectivity index (χ0) is 19.6. The molecule has 0 aliphatic rings. The van der Waals surface area contributed by atoms with Crippen LogP contribution < -0.4 is 10.5 Å². The second-order valence-corrected chi connectivity index (χ2v) is 8.46. The number of aromatic amines is 1. The average molecular weight is 449 g/mol. The number of carbonyl (C=O) groups excluding carboxylic acids is 1. The van der Waals surface area contributed by atoms with Gasteiger partial charge in [-0.3, -0.25) is 9.89 Å². The molecule has 0 bridgehead atoms. The lowest BCUT2D eigenvalue weighted by Gasteiger charge is -2.14. The van der Waals surface area contributed by atoms with Crippen molar-refractivity contribution in [2.45, 2.75) is 17.9 Å². The number of sulfonamides is 1. The summed E-state index contributed by atoms with van der Waals surface area (Å²) in [5.41, 5.74) is 2.64. The Morgan fingerprint density at radius 3 is 2.37 bits per heavy atom. The molecule has 0 aliphatic carbocycles. The molecule has 0 radical (unpaired) electrons. The summed E-state index contributed by atoms with van der Waals surface area (Å²) in [5.74, 6) is -0.311. The Bertz CT molecular complexity index is 1060. The predicted octanol–water partition coefficient (Wildman–Crippen LogP) is 2.98. The average Bonchev–Trinajstić information content (AvgIpc) is 3.12. The number of hydrogen-bond acceptors (Lipinski definition) is 4. The Morgan fingerprint density at radius 1 is 1.15 bits per heavy atom. The molecule has 9 heteroatoms. The van der Waals surface area contributed by atoms with E-state index in [4.69, 9.17) is 5.14 Å². The first-order valence-corrected chi connectivity index (χ1v) is 10.3. The van der Waals surface area contributed by atoms with Crippen LogP contribution in [0.1, 0.15) is 29.0 Å². The van der Waals surface area contributed by atoms with Crippen LogP contribution in [0.3, 0.4) is 0 Å². The zero-order valence-corrected chi connectivity index (χ0v) is 16.7. The summed E-state index contributed by atoms with van der Waals surface area (Å²) in [6.07, 6.45) is 0. The second-order valence-electron chi connectivity index (χ2n) is 5.98. The predicted molar refractivity (Wildman–Crippen MR) is 105 cm³/mol. The number of nitrogens with two attached hydrogens (primary N) is 1. The van der Waals surface area contributed by atoms with E-state index >= 15 is 0 Å². The van der Waals surface area contributed by atoms with Gasteiger partial charge in [-0.15, -0.1) is 0 Å². The zero-order valence-electron chi connectivity index (χ0n) is 14.3. The van der Waals surface area contributed by atoms with Gasteiger partial charge in [0.2, 0.25) is 10.0 Å². The molecule has 0 aliphatic heterocycles. The molecule has 27 heavy (non-hydrogen) atoms. The quantitative estimate of drug-likeness (QED) is 0.555. The van der Waals surface area contributed by atoms with Crippen molar-refractivity contribution in [2.24, 2.45) is 5.14 Å². The fourth-order valence-corrected chi connectivity index (χ4v) is 3.29. The molecule has 7 nitrogen and oxygen atoms in total. The summed E-state index contributed by atoms with van der Waals surface area (Å²) in [6.45, 7) is 1.80. The van der Waals surface area contributed by atoms with E-state index in [1.807, 2.05) is 24.3 Å². The van der Waals surface area contributed by atoms with Gasteiger partial charge in [0.25, 0.3) is 5.91 Å². The maximum absolute atomic E-state index is 12.4. The van der Waals surface area contributed by atoms with Crippen molar-refractivity contribution >= 4 is 31.9 Å². The fraction of sp³-hybridized carbons (Fsp3) is 0.111. The first-order valence-electron chi connectivity index (χ1n) is 7.99. The Balaban J connectivity index is 1.71. The van der Waals surface area contributed by atoms with Crippen molar-refractivity contribution in [1.82, 2.24) is 15.5 Å².